The zero-order chi connectivity index (χ0) is 17.0. The molecule has 0 fully saturated rings. The summed E-state index contributed by atoms with van der Waals surface area (Å²) in [6.45, 7) is 1.42. The highest BCUT2D eigenvalue weighted by Gasteiger charge is 2.17. The maximum atomic E-state index is 12.5. The van der Waals surface area contributed by atoms with Crippen molar-refractivity contribution >= 4 is 21.5 Å². The van der Waals surface area contributed by atoms with Gasteiger partial charge in [-0.05, 0) is 31.2 Å². The normalized spacial score (nSPS) is 10.9. The maximum absolute atomic E-state index is 12.5. The van der Waals surface area contributed by atoms with E-state index in [4.69, 9.17) is 9.47 Å². The van der Waals surface area contributed by atoms with Crippen LogP contribution in [0.15, 0.2) is 47.4 Å². The number of hydrogen-bond donors (Lipinski definition) is 1. The van der Waals surface area contributed by atoms with Gasteiger partial charge in [-0.3, -0.25) is 9.52 Å². The van der Waals surface area contributed by atoms with Crippen LogP contribution in [0.25, 0.3) is 0 Å². The van der Waals surface area contributed by atoms with E-state index in [1.54, 1.807) is 18.2 Å². The van der Waals surface area contributed by atoms with Crippen molar-refractivity contribution < 1.29 is 22.7 Å². The Morgan fingerprint density at radius 2 is 1.70 bits per heavy atom. The lowest BCUT2D eigenvalue weighted by atomic mass is 10.1. The zero-order valence-electron chi connectivity index (χ0n) is 13.0. The largest absolute Gasteiger partial charge is 0.493 e. The lowest BCUT2D eigenvalue weighted by molar-refractivity contribution is 0.101. The zero-order valence-corrected chi connectivity index (χ0v) is 13.8. The van der Waals surface area contributed by atoms with E-state index in [0.717, 1.165) is 0 Å². The van der Waals surface area contributed by atoms with E-state index >= 15 is 0 Å². The van der Waals surface area contributed by atoms with Gasteiger partial charge in [-0.2, -0.15) is 0 Å². The number of methoxy groups -OCH3 is 2. The molecule has 0 aliphatic rings. The number of carbonyl (C=O) groups is 1. The summed E-state index contributed by atoms with van der Waals surface area (Å²) in [6.07, 6.45) is 0. The number of anilines is 1. The van der Waals surface area contributed by atoms with Crippen LogP contribution >= 0.6 is 0 Å². The summed E-state index contributed by atoms with van der Waals surface area (Å²) >= 11 is 0. The first-order valence-corrected chi connectivity index (χ1v) is 8.21. The number of sulfonamides is 1. The van der Waals surface area contributed by atoms with Crippen LogP contribution in [-0.4, -0.2) is 28.4 Å². The predicted octanol–water partition coefficient (Wildman–Crippen LogP) is 2.71. The number of Topliss-reactive ketones (excluding diaryl/α,β-unsaturated/α-hetero) is 1. The third-order valence-electron chi connectivity index (χ3n) is 3.19. The van der Waals surface area contributed by atoms with Crippen molar-refractivity contribution in [3.05, 3.63) is 48.0 Å². The molecule has 7 heteroatoms. The minimum absolute atomic E-state index is 0.0309. The van der Waals surface area contributed by atoms with Crippen LogP contribution in [0.1, 0.15) is 17.3 Å². The molecule has 0 unspecified atom stereocenters. The van der Waals surface area contributed by atoms with Gasteiger partial charge in [-0.1, -0.05) is 12.1 Å². The SMILES string of the molecule is COc1ccc(S(=O)(=O)Nc2cccc(C(C)=O)c2)cc1OC. The molecule has 0 saturated carbocycles. The van der Waals surface area contributed by atoms with Gasteiger partial charge in [0.2, 0.25) is 0 Å². The molecule has 0 bridgehead atoms. The minimum Gasteiger partial charge on any atom is -0.493 e. The van der Waals surface area contributed by atoms with Gasteiger partial charge in [0.25, 0.3) is 10.0 Å². The van der Waals surface area contributed by atoms with E-state index in [1.807, 2.05) is 0 Å². The van der Waals surface area contributed by atoms with Crippen LogP contribution in [-0.2, 0) is 10.0 Å². The summed E-state index contributed by atoms with van der Waals surface area (Å²) in [5.74, 6) is 0.607. The standard InChI is InChI=1S/C16H17NO5S/c1-11(18)12-5-4-6-13(9-12)17-23(19,20)14-7-8-15(21-2)16(10-14)22-3/h4-10,17H,1-3H3. The molecule has 0 spiro atoms. The molecule has 0 atom stereocenters. The van der Waals surface area contributed by atoms with E-state index in [-0.39, 0.29) is 10.7 Å². The molecule has 2 aromatic carbocycles. The Bertz CT molecular complexity index is 830. The van der Waals surface area contributed by atoms with Crippen molar-refractivity contribution in [2.75, 3.05) is 18.9 Å². The lowest BCUT2D eigenvalue weighted by Crippen LogP contribution is -2.13. The molecule has 2 aromatic rings. The Hall–Kier alpha value is -2.54. The highest BCUT2D eigenvalue weighted by molar-refractivity contribution is 7.92. The van der Waals surface area contributed by atoms with Crippen LogP contribution in [0.5, 0.6) is 11.5 Å². The predicted molar refractivity (Wildman–Crippen MR) is 86.8 cm³/mol. The second-order valence-electron chi connectivity index (χ2n) is 4.76. The fraction of sp³-hybridized carbons (Fsp3) is 0.188. The van der Waals surface area contributed by atoms with Crippen LogP contribution < -0.4 is 14.2 Å². The fourth-order valence-electron chi connectivity index (χ4n) is 2.00. The number of ether oxygens (including phenoxy) is 2. The van der Waals surface area contributed by atoms with Gasteiger partial charge in [0.1, 0.15) is 0 Å². The van der Waals surface area contributed by atoms with Crippen LogP contribution in [0.3, 0.4) is 0 Å². The summed E-state index contributed by atoms with van der Waals surface area (Å²) in [5, 5.41) is 0. The monoisotopic (exact) mass is 335 g/mol. The average molecular weight is 335 g/mol. The number of rotatable bonds is 6. The fourth-order valence-corrected chi connectivity index (χ4v) is 3.06. The minimum atomic E-state index is -3.81. The van der Waals surface area contributed by atoms with E-state index in [0.29, 0.717) is 22.7 Å². The van der Waals surface area contributed by atoms with E-state index in [2.05, 4.69) is 4.72 Å². The van der Waals surface area contributed by atoms with Crippen LogP contribution in [0.2, 0.25) is 0 Å². The van der Waals surface area contributed by atoms with Crippen molar-refractivity contribution in [1.29, 1.82) is 0 Å². The van der Waals surface area contributed by atoms with Gasteiger partial charge in [0.15, 0.2) is 17.3 Å². The maximum Gasteiger partial charge on any atom is 0.262 e. The molecule has 0 radical (unpaired) electrons. The third-order valence-corrected chi connectivity index (χ3v) is 4.57. The number of carbonyl (C=O) groups excluding carboxylic acids is 1. The van der Waals surface area contributed by atoms with Crippen molar-refractivity contribution in [3.8, 4) is 11.5 Å². The molecule has 6 nitrogen and oxygen atoms in total. The third kappa shape index (κ3) is 3.81. The summed E-state index contributed by atoms with van der Waals surface area (Å²) in [4.78, 5) is 11.4. The summed E-state index contributed by atoms with van der Waals surface area (Å²) in [6, 6.07) is 10.6. The highest BCUT2D eigenvalue weighted by Crippen LogP contribution is 2.30. The second-order valence-corrected chi connectivity index (χ2v) is 6.44. The van der Waals surface area contributed by atoms with Gasteiger partial charge in [-0.15, -0.1) is 0 Å². The molecule has 2 rings (SSSR count). The van der Waals surface area contributed by atoms with Gasteiger partial charge >= 0.3 is 0 Å². The first kappa shape index (κ1) is 16.8. The first-order valence-electron chi connectivity index (χ1n) is 6.73. The van der Waals surface area contributed by atoms with Crippen molar-refractivity contribution in [2.45, 2.75) is 11.8 Å². The van der Waals surface area contributed by atoms with Crippen LogP contribution in [0.4, 0.5) is 5.69 Å². The quantitative estimate of drug-likeness (QED) is 0.821. The number of ketones is 1. The van der Waals surface area contributed by atoms with Crippen LogP contribution in [0, 0.1) is 0 Å². The Morgan fingerprint density at radius 1 is 1.00 bits per heavy atom. The lowest BCUT2D eigenvalue weighted by Gasteiger charge is -2.12. The van der Waals surface area contributed by atoms with Crippen molar-refractivity contribution in [1.82, 2.24) is 0 Å². The summed E-state index contributed by atoms with van der Waals surface area (Å²) in [7, 11) is -0.912. The molecular weight excluding hydrogens is 318 g/mol. The molecule has 0 saturated heterocycles. The summed E-state index contributed by atoms with van der Waals surface area (Å²) in [5.41, 5.74) is 0.741. The van der Waals surface area contributed by atoms with Crippen molar-refractivity contribution in [3.63, 3.8) is 0 Å². The van der Waals surface area contributed by atoms with Gasteiger partial charge in [0.05, 0.1) is 19.1 Å². The van der Waals surface area contributed by atoms with E-state index in [9.17, 15) is 13.2 Å². The topological polar surface area (TPSA) is 81.7 Å². The number of nitrogens with one attached hydrogen (secondary N) is 1. The van der Waals surface area contributed by atoms with E-state index in [1.165, 1.54) is 45.4 Å². The average Bonchev–Trinajstić information content (AvgIpc) is 2.53. The van der Waals surface area contributed by atoms with Gasteiger partial charge in [-0.25, -0.2) is 8.42 Å². The molecule has 0 aromatic heterocycles. The Balaban J connectivity index is 2.35. The Labute approximate surface area is 135 Å². The second kappa shape index (κ2) is 6.70. The smallest absolute Gasteiger partial charge is 0.262 e. The molecule has 0 aliphatic carbocycles. The first-order chi connectivity index (χ1) is 10.9. The molecule has 0 heterocycles. The van der Waals surface area contributed by atoms with Gasteiger partial charge in [0, 0.05) is 17.3 Å². The van der Waals surface area contributed by atoms with Crippen molar-refractivity contribution in [2.24, 2.45) is 0 Å². The molecule has 0 aliphatic heterocycles. The molecule has 0 amide bonds. The highest BCUT2D eigenvalue weighted by atomic mass is 32.2. The molecule has 23 heavy (non-hydrogen) atoms. The Kier molecular flexibility index (Phi) is 4.90. The number of benzene rings is 2. The Morgan fingerprint density at radius 3 is 2.30 bits per heavy atom. The van der Waals surface area contributed by atoms with Gasteiger partial charge < -0.3 is 9.47 Å². The molecule has 1 N–H and O–H groups in total. The number of hydrogen-bond acceptors (Lipinski definition) is 5. The summed E-state index contributed by atoms with van der Waals surface area (Å²) < 4.78 is 37.6. The van der Waals surface area contributed by atoms with E-state index < -0.39 is 10.0 Å². The molecule has 122 valence electrons. The molecular formula is C16H17NO5S.